The average molecular weight is 539 g/mol. The molecule has 2 heterocycles. The van der Waals surface area contributed by atoms with Gasteiger partial charge in [-0.25, -0.2) is 9.78 Å². The van der Waals surface area contributed by atoms with Crippen LogP contribution in [0.2, 0.25) is 0 Å². The lowest BCUT2D eigenvalue weighted by molar-refractivity contribution is -0.120. The Hall–Kier alpha value is -4.19. The van der Waals surface area contributed by atoms with Gasteiger partial charge in [0.2, 0.25) is 5.91 Å². The van der Waals surface area contributed by atoms with Crippen LogP contribution >= 0.6 is 0 Å². The molecule has 1 aromatic heterocycles. The zero-order valence-corrected chi connectivity index (χ0v) is 24.3. The van der Waals surface area contributed by atoms with Crippen molar-refractivity contribution in [2.24, 2.45) is 5.41 Å². The zero-order valence-electron chi connectivity index (χ0n) is 24.3. The molecule has 0 aliphatic carbocycles. The number of methoxy groups -OCH3 is 1. The van der Waals surface area contributed by atoms with Crippen molar-refractivity contribution >= 4 is 28.5 Å². The minimum absolute atomic E-state index is 0.00255. The van der Waals surface area contributed by atoms with Crippen molar-refractivity contribution < 1.29 is 19.1 Å². The fraction of sp³-hybridized carbons (Fsp3) is 0.324. The molecule has 208 valence electrons. The third-order valence-corrected chi connectivity index (χ3v) is 6.72. The molecule has 40 heavy (non-hydrogen) atoms. The largest absolute Gasteiger partial charge is 0.493 e. The van der Waals surface area contributed by atoms with E-state index >= 15 is 0 Å². The smallest absolute Gasteiger partial charge is 0.337 e. The molecule has 6 heteroatoms. The zero-order chi connectivity index (χ0) is 28.9. The molecule has 0 bridgehead atoms. The summed E-state index contributed by atoms with van der Waals surface area (Å²) < 4.78 is 10.5. The third-order valence-electron chi connectivity index (χ3n) is 6.72. The number of fused-ring (bicyclic) bond motifs is 2. The Labute approximate surface area is 237 Å². The van der Waals surface area contributed by atoms with Crippen LogP contribution in [0.25, 0.3) is 21.9 Å². The van der Waals surface area contributed by atoms with E-state index in [2.05, 4.69) is 62.2 Å². The highest BCUT2D eigenvalue weighted by Gasteiger charge is 2.25. The van der Waals surface area contributed by atoms with Crippen molar-refractivity contribution in [3.63, 3.8) is 0 Å². The van der Waals surface area contributed by atoms with E-state index in [1.807, 2.05) is 32.0 Å². The summed E-state index contributed by atoms with van der Waals surface area (Å²) in [6.45, 7) is 11.3. The standard InChI is InChI=1S/C32H32N2O4.C2H6/c1-32(2,3)19-29(35)34(30-27-11-9-26(31(36)37-4)18-24(27)13-15-33-30)20-21-5-7-22(8-6-21)23-10-12-28-25(17-23)14-16-38-28;1-2/h5-13,15,17-18H,14,16,19-20H2,1-4H3;1-2H3. The van der Waals surface area contributed by atoms with Crippen LogP contribution in [0.1, 0.15) is 62.5 Å². The Morgan fingerprint density at radius 3 is 2.38 bits per heavy atom. The Bertz CT molecular complexity index is 1500. The van der Waals surface area contributed by atoms with Crippen LogP contribution < -0.4 is 9.64 Å². The summed E-state index contributed by atoms with van der Waals surface area (Å²) in [7, 11) is 1.36. The lowest BCUT2D eigenvalue weighted by Gasteiger charge is -2.27. The van der Waals surface area contributed by atoms with Gasteiger partial charge in [-0.2, -0.15) is 0 Å². The first-order chi connectivity index (χ1) is 19.2. The van der Waals surface area contributed by atoms with Crippen molar-refractivity contribution in [3.8, 4) is 16.9 Å². The van der Waals surface area contributed by atoms with E-state index in [1.54, 1.807) is 23.2 Å². The number of rotatable bonds is 6. The van der Waals surface area contributed by atoms with Gasteiger partial charge in [-0.05, 0) is 69.5 Å². The number of aromatic nitrogens is 1. The second-order valence-electron chi connectivity index (χ2n) is 10.9. The molecule has 5 rings (SSSR count). The van der Waals surface area contributed by atoms with Crippen molar-refractivity contribution in [2.75, 3.05) is 18.6 Å². The minimum atomic E-state index is -0.401. The van der Waals surface area contributed by atoms with Crippen LogP contribution in [0, 0.1) is 5.41 Å². The van der Waals surface area contributed by atoms with Crippen molar-refractivity contribution in [1.29, 1.82) is 0 Å². The van der Waals surface area contributed by atoms with Gasteiger partial charge < -0.3 is 9.47 Å². The van der Waals surface area contributed by atoms with Gasteiger partial charge >= 0.3 is 5.97 Å². The SMILES string of the molecule is CC.COC(=O)c1ccc2c(N(Cc3ccc(-c4ccc5c(c4)CCO5)cc3)C(=O)CC(C)(C)C)nccc2c1. The van der Waals surface area contributed by atoms with Gasteiger partial charge in [0.1, 0.15) is 11.6 Å². The van der Waals surface area contributed by atoms with Crippen LogP contribution in [0.4, 0.5) is 5.82 Å². The molecule has 6 nitrogen and oxygen atoms in total. The van der Waals surface area contributed by atoms with Gasteiger partial charge in [0.25, 0.3) is 0 Å². The summed E-state index contributed by atoms with van der Waals surface area (Å²) in [4.78, 5) is 32.1. The molecular formula is C34H38N2O4. The first-order valence-corrected chi connectivity index (χ1v) is 13.8. The predicted molar refractivity (Wildman–Crippen MR) is 161 cm³/mol. The van der Waals surface area contributed by atoms with Crippen molar-refractivity contribution in [2.45, 2.75) is 54.0 Å². The second-order valence-corrected chi connectivity index (χ2v) is 10.9. The molecule has 0 saturated carbocycles. The summed E-state index contributed by atoms with van der Waals surface area (Å²) in [5.74, 6) is 1.15. The quantitative estimate of drug-likeness (QED) is 0.236. The molecular weight excluding hydrogens is 500 g/mol. The fourth-order valence-electron chi connectivity index (χ4n) is 4.80. The van der Waals surface area contributed by atoms with Crippen LogP contribution in [0.5, 0.6) is 5.75 Å². The summed E-state index contributed by atoms with van der Waals surface area (Å²) >= 11 is 0. The number of carbonyl (C=O) groups is 2. The Balaban J connectivity index is 0.00000181. The summed E-state index contributed by atoms with van der Waals surface area (Å²) in [5.41, 5.74) is 4.79. The molecule has 0 spiro atoms. The van der Waals surface area contributed by atoms with Gasteiger partial charge in [0, 0.05) is 24.4 Å². The summed E-state index contributed by atoms with van der Waals surface area (Å²) in [6.07, 6.45) is 2.99. The van der Waals surface area contributed by atoms with Crippen molar-refractivity contribution in [1.82, 2.24) is 4.98 Å². The molecule has 1 aliphatic heterocycles. The highest BCUT2D eigenvalue weighted by atomic mass is 16.5. The molecule has 0 saturated heterocycles. The Morgan fingerprint density at radius 2 is 1.68 bits per heavy atom. The number of carbonyl (C=O) groups excluding carboxylic acids is 2. The number of pyridine rings is 1. The van der Waals surface area contributed by atoms with Crippen LogP contribution in [-0.2, 0) is 22.5 Å². The van der Waals surface area contributed by atoms with Gasteiger partial charge in [-0.15, -0.1) is 0 Å². The van der Waals surface area contributed by atoms with Gasteiger partial charge in [-0.3, -0.25) is 9.69 Å². The van der Waals surface area contributed by atoms with Crippen LogP contribution in [0.3, 0.4) is 0 Å². The number of nitrogens with zero attached hydrogens (tertiary/aromatic N) is 2. The number of benzene rings is 3. The lowest BCUT2D eigenvalue weighted by Crippen LogP contribution is -2.34. The van der Waals surface area contributed by atoms with E-state index in [-0.39, 0.29) is 11.3 Å². The third kappa shape index (κ3) is 6.50. The van der Waals surface area contributed by atoms with Crippen LogP contribution in [-0.4, -0.2) is 30.6 Å². The number of esters is 1. The van der Waals surface area contributed by atoms with E-state index in [4.69, 9.17) is 9.47 Å². The highest BCUT2D eigenvalue weighted by molar-refractivity contribution is 6.04. The topological polar surface area (TPSA) is 68.7 Å². The lowest BCUT2D eigenvalue weighted by atomic mass is 9.91. The molecule has 1 aliphatic rings. The van der Waals surface area contributed by atoms with E-state index in [0.29, 0.717) is 24.3 Å². The molecule has 3 aromatic carbocycles. The molecule has 0 fully saturated rings. The molecule has 1 amide bonds. The monoisotopic (exact) mass is 538 g/mol. The van der Waals surface area contributed by atoms with E-state index in [1.165, 1.54) is 12.7 Å². The van der Waals surface area contributed by atoms with E-state index < -0.39 is 5.97 Å². The van der Waals surface area contributed by atoms with E-state index in [9.17, 15) is 9.59 Å². The van der Waals surface area contributed by atoms with Crippen molar-refractivity contribution in [3.05, 3.63) is 89.6 Å². The second kappa shape index (κ2) is 12.3. The molecule has 0 N–H and O–H groups in total. The maximum atomic E-state index is 13.6. The van der Waals surface area contributed by atoms with Gasteiger partial charge in [0.05, 0.1) is 25.8 Å². The Kier molecular flexibility index (Phi) is 8.88. The van der Waals surface area contributed by atoms with Gasteiger partial charge in [0.15, 0.2) is 0 Å². The first kappa shape index (κ1) is 28.8. The number of amides is 1. The molecule has 4 aromatic rings. The number of hydrogen-bond acceptors (Lipinski definition) is 5. The normalized spacial score (nSPS) is 12.2. The molecule has 0 radical (unpaired) electrons. The number of hydrogen-bond donors (Lipinski definition) is 0. The first-order valence-electron chi connectivity index (χ1n) is 13.8. The van der Waals surface area contributed by atoms with Gasteiger partial charge in [-0.1, -0.05) is 65.0 Å². The minimum Gasteiger partial charge on any atom is -0.493 e. The predicted octanol–water partition coefficient (Wildman–Crippen LogP) is 7.62. The fourth-order valence-corrected chi connectivity index (χ4v) is 4.80. The highest BCUT2D eigenvalue weighted by Crippen LogP contribution is 2.32. The maximum Gasteiger partial charge on any atom is 0.337 e. The molecule has 0 unspecified atom stereocenters. The summed E-state index contributed by atoms with van der Waals surface area (Å²) in [5, 5.41) is 1.63. The average Bonchev–Trinajstić information content (AvgIpc) is 3.43. The maximum absolute atomic E-state index is 13.6. The summed E-state index contributed by atoms with van der Waals surface area (Å²) in [6, 6.07) is 21.8. The number of ether oxygens (including phenoxy) is 2. The molecule has 0 atom stereocenters. The van der Waals surface area contributed by atoms with E-state index in [0.717, 1.165) is 46.2 Å². The number of anilines is 1. The Morgan fingerprint density at radius 1 is 0.950 bits per heavy atom. The van der Waals surface area contributed by atoms with Crippen LogP contribution in [0.15, 0.2) is 72.9 Å².